The van der Waals surface area contributed by atoms with Gasteiger partial charge < -0.3 is 19.3 Å². The Morgan fingerprint density at radius 2 is 1.54 bits per heavy atom. The number of fused-ring (bicyclic) bond motifs is 1. The molecule has 4 rings (SSSR count). The van der Waals surface area contributed by atoms with Crippen molar-refractivity contribution in [1.29, 1.82) is 0 Å². The molecule has 2 saturated heterocycles. The summed E-state index contributed by atoms with van der Waals surface area (Å²) in [5.41, 5.74) is 0.895. The van der Waals surface area contributed by atoms with Crippen LogP contribution in [-0.4, -0.2) is 48.6 Å². The lowest BCUT2D eigenvalue weighted by Gasteiger charge is -2.16. The largest absolute Gasteiger partial charge is 0.478 e. The summed E-state index contributed by atoms with van der Waals surface area (Å²) >= 11 is 0. The van der Waals surface area contributed by atoms with Crippen molar-refractivity contribution < 1.29 is 28.9 Å². The van der Waals surface area contributed by atoms with Gasteiger partial charge in [0.1, 0.15) is 6.10 Å². The highest BCUT2D eigenvalue weighted by Gasteiger charge is 2.44. The van der Waals surface area contributed by atoms with Gasteiger partial charge in [-0.15, -0.1) is 0 Å². The number of esters is 1. The molecule has 0 aromatic heterocycles. The molecule has 0 saturated carbocycles. The van der Waals surface area contributed by atoms with Gasteiger partial charge in [0.25, 0.3) is 0 Å². The molecule has 0 radical (unpaired) electrons. The highest BCUT2D eigenvalue weighted by molar-refractivity contribution is 5.89. The number of rotatable bonds is 3. The molecule has 2 aliphatic heterocycles. The number of carboxylic acids is 1. The predicted molar refractivity (Wildman–Crippen MR) is 93.1 cm³/mol. The van der Waals surface area contributed by atoms with E-state index in [-0.39, 0.29) is 24.3 Å². The summed E-state index contributed by atoms with van der Waals surface area (Å²) in [6.45, 7) is 1.13. The van der Waals surface area contributed by atoms with E-state index in [0.29, 0.717) is 24.3 Å². The van der Waals surface area contributed by atoms with Crippen LogP contribution in [0.3, 0.4) is 0 Å². The number of hydrogen-bond acceptors (Lipinski definition) is 5. The van der Waals surface area contributed by atoms with E-state index in [1.54, 1.807) is 42.5 Å². The molecule has 6 nitrogen and oxygen atoms in total. The Morgan fingerprint density at radius 1 is 0.923 bits per heavy atom. The number of carbonyl (C=O) groups is 2. The maximum absolute atomic E-state index is 11.9. The van der Waals surface area contributed by atoms with E-state index < -0.39 is 5.97 Å². The number of benzene rings is 2. The number of carbonyl (C=O) groups excluding carboxylic acids is 1. The molecule has 136 valence electrons. The van der Waals surface area contributed by atoms with Gasteiger partial charge in [-0.25, -0.2) is 9.59 Å². The summed E-state index contributed by atoms with van der Waals surface area (Å²) in [6.07, 6.45) is 0.644. The van der Waals surface area contributed by atoms with Crippen LogP contribution in [0.5, 0.6) is 0 Å². The summed E-state index contributed by atoms with van der Waals surface area (Å²) in [7, 11) is 0. The summed E-state index contributed by atoms with van der Waals surface area (Å²) < 4.78 is 16.5. The maximum Gasteiger partial charge on any atom is 0.338 e. The fourth-order valence-corrected chi connectivity index (χ4v) is 2.89. The average molecular weight is 356 g/mol. The zero-order valence-electron chi connectivity index (χ0n) is 14.1. The van der Waals surface area contributed by atoms with Gasteiger partial charge in [-0.05, 0) is 30.7 Å². The topological polar surface area (TPSA) is 82.1 Å². The monoisotopic (exact) mass is 356 g/mol. The average Bonchev–Trinajstić information content (AvgIpc) is 3.29. The van der Waals surface area contributed by atoms with Crippen molar-refractivity contribution >= 4 is 11.9 Å². The molecule has 0 spiro atoms. The Balaban J connectivity index is 0.000000185. The van der Waals surface area contributed by atoms with E-state index in [4.69, 9.17) is 19.3 Å². The van der Waals surface area contributed by atoms with Crippen molar-refractivity contribution in [2.45, 2.75) is 24.7 Å². The lowest BCUT2D eigenvalue weighted by atomic mass is 10.1. The SMILES string of the molecule is O=C(O)c1ccccc1.O=C(OC1CO[C@@H]2CCO[C@H]12)c1ccccc1. The fourth-order valence-electron chi connectivity index (χ4n) is 2.89. The van der Waals surface area contributed by atoms with Crippen LogP contribution in [0, 0.1) is 0 Å². The van der Waals surface area contributed by atoms with E-state index in [0.717, 1.165) is 6.42 Å². The van der Waals surface area contributed by atoms with Gasteiger partial charge >= 0.3 is 11.9 Å². The van der Waals surface area contributed by atoms with Crippen molar-refractivity contribution in [2.24, 2.45) is 0 Å². The third-order valence-corrected chi connectivity index (χ3v) is 4.21. The summed E-state index contributed by atoms with van der Waals surface area (Å²) in [5.74, 6) is -1.19. The Bertz CT molecular complexity index is 730. The van der Waals surface area contributed by atoms with E-state index in [1.165, 1.54) is 0 Å². The van der Waals surface area contributed by atoms with E-state index in [2.05, 4.69) is 0 Å². The lowest BCUT2D eigenvalue weighted by Crippen LogP contribution is -2.32. The van der Waals surface area contributed by atoms with Crippen molar-refractivity contribution in [3.8, 4) is 0 Å². The second kappa shape index (κ2) is 8.60. The first-order chi connectivity index (χ1) is 12.6. The molecule has 0 amide bonds. The maximum atomic E-state index is 11.9. The zero-order chi connectivity index (χ0) is 18.4. The zero-order valence-corrected chi connectivity index (χ0v) is 14.1. The van der Waals surface area contributed by atoms with Crippen molar-refractivity contribution in [3.05, 3.63) is 71.8 Å². The highest BCUT2D eigenvalue weighted by Crippen LogP contribution is 2.28. The molecule has 2 heterocycles. The molecule has 26 heavy (non-hydrogen) atoms. The Labute approximate surface area is 151 Å². The summed E-state index contributed by atoms with van der Waals surface area (Å²) in [6, 6.07) is 17.3. The molecule has 1 unspecified atom stereocenters. The molecule has 0 aliphatic carbocycles. The second-order valence-electron chi connectivity index (χ2n) is 5.98. The van der Waals surface area contributed by atoms with Crippen LogP contribution in [0.25, 0.3) is 0 Å². The minimum atomic E-state index is -0.879. The van der Waals surface area contributed by atoms with Crippen LogP contribution in [-0.2, 0) is 14.2 Å². The number of hydrogen-bond donors (Lipinski definition) is 1. The van der Waals surface area contributed by atoms with Gasteiger partial charge in [-0.3, -0.25) is 0 Å². The quantitative estimate of drug-likeness (QED) is 0.852. The third kappa shape index (κ3) is 4.47. The first-order valence-electron chi connectivity index (χ1n) is 8.42. The smallest absolute Gasteiger partial charge is 0.338 e. The molecule has 6 heteroatoms. The highest BCUT2D eigenvalue weighted by atomic mass is 16.6. The molecule has 0 bridgehead atoms. The lowest BCUT2D eigenvalue weighted by molar-refractivity contribution is -0.0148. The first kappa shape index (κ1) is 18.1. The van der Waals surface area contributed by atoms with Gasteiger partial charge in [-0.1, -0.05) is 36.4 Å². The number of ether oxygens (including phenoxy) is 3. The van der Waals surface area contributed by atoms with Crippen LogP contribution in [0.4, 0.5) is 0 Å². The molecule has 2 fully saturated rings. The third-order valence-electron chi connectivity index (χ3n) is 4.21. The normalized spacial score (nSPS) is 23.5. The van der Waals surface area contributed by atoms with Crippen molar-refractivity contribution in [2.75, 3.05) is 13.2 Å². The van der Waals surface area contributed by atoms with Crippen LogP contribution in [0.1, 0.15) is 27.1 Å². The van der Waals surface area contributed by atoms with Crippen LogP contribution >= 0.6 is 0 Å². The molecule has 1 N–H and O–H groups in total. The summed E-state index contributed by atoms with van der Waals surface area (Å²) in [5, 5.41) is 8.38. The molecule has 2 aromatic carbocycles. The van der Waals surface area contributed by atoms with Crippen LogP contribution < -0.4 is 0 Å². The van der Waals surface area contributed by atoms with Gasteiger partial charge in [0.2, 0.25) is 0 Å². The minimum Gasteiger partial charge on any atom is -0.478 e. The fraction of sp³-hybridized carbons (Fsp3) is 0.300. The Morgan fingerprint density at radius 3 is 2.12 bits per heavy atom. The Hall–Kier alpha value is -2.70. The summed E-state index contributed by atoms with van der Waals surface area (Å²) in [4.78, 5) is 22.1. The molecule has 2 aromatic rings. The molecular weight excluding hydrogens is 336 g/mol. The number of carboxylic acid groups (broad SMARTS) is 1. The molecule has 3 atom stereocenters. The van der Waals surface area contributed by atoms with E-state index >= 15 is 0 Å². The van der Waals surface area contributed by atoms with E-state index in [1.807, 2.05) is 18.2 Å². The van der Waals surface area contributed by atoms with Gasteiger partial charge in [0.15, 0.2) is 6.10 Å². The molecular formula is C20H20O6. The van der Waals surface area contributed by atoms with Crippen LogP contribution in [0.15, 0.2) is 60.7 Å². The minimum absolute atomic E-state index is 0.0809. The standard InChI is InChI=1S/C13H14O4.C7H6O2/c14-13(9-4-2-1-3-5-9)17-11-8-16-10-6-7-15-12(10)11;8-7(9)6-4-2-1-3-5-6/h1-5,10-12H,6-8H2;1-5H,(H,8,9)/t10-,11?,12+;/m1./s1. The van der Waals surface area contributed by atoms with Gasteiger partial charge in [0.05, 0.1) is 23.8 Å². The van der Waals surface area contributed by atoms with Crippen molar-refractivity contribution in [3.63, 3.8) is 0 Å². The van der Waals surface area contributed by atoms with Gasteiger partial charge in [0, 0.05) is 6.61 Å². The van der Waals surface area contributed by atoms with E-state index in [9.17, 15) is 9.59 Å². The predicted octanol–water partition coefficient (Wildman–Crippen LogP) is 2.78. The van der Waals surface area contributed by atoms with Crippen LogP contribution in [0.2, 0.25) is 0 Å². The van der Waals surface area contributed by atoms with Gasteiger partial charge in [-0.2, -0.15) is 0 Å². The first-order valence-corrected chi connectivity index (χ1v) is 8.42. The second-order valence-corrected chi connectivity index (χ2v) is 5.98. The van der Waals surface area contributed by atoms with Crippen molar-refractivity contribution in [1.82, 2.24) is 0 Å². The Kier molecular flexibility index (Phi) is 5.99. The number of aromatic carboxylic acids is 1. The molecule has 2 aliphatic rings.